The molecule has 0 saturated carbocycles. The Balaban J connectivity index is 1.40. The summed E-state index contributed by atoms with van der Waals surface area (Å²) in [6, 6.07) is 12.4. The smallest absolute Gasteiger partial charge is 0.319 e. The van der Waals surface area contributed by atoms with Gasteiger partial charge in [-0.3, -0.25) is 4.79 Å². The second kappa shape index (κ2) is 9.99. The molecule has 2 aromatic carbocycles. The molecule has 0 aliphatic carbocycles. The molecule has 0 bridgehead atoms. The molecule has 150 valence electrons. The van der Waals surface area contributed by atoms with Gasteiger partial charge in [-0.1, -0.05) is 47.2 Å². The van der Waals surface area contributed by atoms with Crippen LogP contribution in [0, 0.1) is 5.82 Å². The maximum Gasteiger partial charge on any atom is 0.319 e. The first kappa shape index (κ1) is 20.8. The molecule has 9 heteroatoms. The van der Waals surface area contributed by atoms with Gasteiger partial charge in [-0.05, 0) is 30.7 Å². The highest BCUT2D eigenvalue weighted by molar-refractivity contribution is 7.17. The Kier molecular flexibility index (Phi) is 7.15. The zero-order valence-corrected chi connectivity index (χ0v) is 16.8. The molecule has 0 radical (unpaired) electrons. The van der Waals surface area contributed by atoms with Gasteiger partial charge in [0.2, 0.25) is 5.78 Å². The molecular weight excluding hydrogens is 415 g/mol. The summed E-state index contributed by atoms with van der Waals surface area (Å²) in [5.74, 6) is -0.664. The maximum absolute atomic E-state index is 13.5. The number of nitrogens with zero attached hydrogens (tertiary/aromatic N) is 1. The molecule has 0 aliphatic heterocycles. The summed E-state index contributed by atoms with van der Waals surface area (Å²) in [6.45, 7) is 0.942. The van der Waals surface area contributed by atoms with Crippen LogP contribution in [0.25, 0.3) is 0 Å². The third-order valence-electron chi connectivity index (χ3n) is 3.89. The monoisotopic (exact) mass is 432 g/mol. The summed E-state index contributed by atoms with van der Waals surface area (Å²) in [4.78, 5) is 28.9. The third kappa shape index (κ3) is 5.75. The Labute approximate surface area is 176 Å². The molecule has 0 saturated heterocycles. The van der Waals surface area contributed by atoms with Crippen LogP contribution in [0.2, 0.25) is 5.02 Å². The average Bonchev–Trinajstić information content (AvgIpc) is 3.18. The van der Waals surface area contributed by atoms with E-state index in [-0.39, 0.29) is 11.5 Å². The molecule has 0 spiro atoms. The number of nitrogens with one attached hydrogen (secondary N) is 3. The van der Waals surface area contributed by atoms with Crippen LogP contribution in [0.5, 0.6) is 0 Å². The lowest BCUT2D eigenvalue weighted by molar-refractivity contribution is 0.104. The minimum atomic E-state index is -0.491. The van der Waals surface area contributed by atoms with Crippen molar-refractivity contribution in [2.75, 3.05) is 23.7 Å². The fraction of sp³-hybridized carbons (Fsp3) is 0.150. The zero-order chi connectivity index (χ0) is 20.6. The van der Waals surface area contributed by atoms with Crippen LogP contribution in [0.4, 0.5) is 20.0 Å². The number of anilines is 2. The van der Waals surface area contributed by atoms with Gasteiger partial charge in [0.15, 0.2) is 5.13 Å². The number of amides is 2. The van der Waals surface area contributed by atoms with Crippen molar-refractivity contribution in [3.63, 3.8) is 0 Å². The Morgan fingerprint density at radius 1 is 1.07 bits per heavy atom. The standard InChI is InChI=1S/C20H18ClFN4O2S/c21-14-7-2-1-6-13(14)18(27)17-12-25-20(29-17)24-11-5-10-23-19(28)26-16-9-4-3-8-15(16)22/h1-4,6-9,12H,5,10-11H2,(H,24,25)(H2,23,26,28). The van der Waals surface area contributed by atoms with Crippen molar-refractivity contribution in [1.29, 1.82) is 0 Å². The van der Waals surface area contributed by atoms with Crippen LogP contribution < -0.4 is 16.0 Å². The van der Waals surface area contributed by atoms with Gasteiger partial charge in [0.1, 0.15) is 5.82 Å². The van der Waals surface area contributed by atoms with Crippen LogP contribution in [-0.4, -0.2) is 29.9 Å². The highest BCUT2D eigenvalue weighted by atomic mass is 35.5. The predicted octanol–water partition coefficient (Wildman–Crippen LogP) is 4.79. The quantitative estimate of drug-likeness (QED) is 0.353. The first-order valence-electron chi connectivity index (χ1n) is 8.83. The van der Waals surface area contributed by atoms with Crippen molar-refractivity contribution >= 4 is 45.6 Å². The van der Waals surface area contributed by atoms with Gasteiger partial charge < -0.3 is 16.0 Å². The molecule has 0 fully saturated rings. The van der Waals surface area contributed by atoms with Gasteiger partial charge in [0, 0.05) is 18.7 Å². The number of para-hydroxylation sites is 1. The number of hydrogen-bond donors (Lipinski definition) is 3. The van der Waals surface area contributed by atoms with Crippen LogP contribution in [0.15, 0.2) is 54.7 Å². The van der Waals surface area contributed by atoms with Crippen LogP contribution in [0.3, 0.4) is 0 Å². The van der Waals surface area contributed by atoms with E-state index in [9.17, 15) is 14.0 Å². The first-order valence-corrected chi connectivity index (χ1v) is 10.0. The zero-order valence-electron chi connectivity index (χ0n) is 15.2. The number of benzene rings is 2. The summed E-state index contributed by atoms with van der Waals surface area (Å²) in [7, 11) is 0. The minimum Gasteiger partial charge on any atom is -0.361 e. The minimum absolute atomic E-state index is 0.127. The predicted molar refractivity (Wildman–Crippen MR) is 114 cm³/mol. The lowest BCUT2D eigenvalue weighted by Gasteiger charge is -2.08. The number of rotatable bonds is 8. The third-order valence-corrected chi connectivity index (χ3v) is 5.17. The van der Waals surface area contributed by atoms with Gasteiger partial charge in [-0.15, -0.1) is 0 Å². The Morgan fingerprint density at radius 2 is 1.83 bits per heavy atom. The first-order chi connectivity index (χ1) is 14.0. The van der Waals surface area contributed by atoms with E-state index in [1.807, 2.05) is 0 Å². The SMILES string of the molecule is O=C(NCCCNc1ncc(C(=O)c2ccccc2Cl)s1)Nc1ccccc1F. The summed E-state index contributed by atoms with van der Waals surface area (Å²) in [5, 5.41) is 9.22. The van der Waals surface area contributed by atoms with Gasteiger partial charge in [0.25, 0.3) is 0 Å². The molecule has 3 rings (SSSR count). The van der Waals surface area contributed by atoms with E-state index in [1.54, 1.807) is 36.4 Å². The Bertz CT molecular complexity index is 1010. The number of carbonyl (C=O) groups is 2. The van der Waals surface area contributed by atoms with Crippen molar-refractivity contribution in [3.8, 4) is 0 Å². The number of halogens is 2. The Morgan fingerprint density at radius 3 is 2.62 bits per heavy atom. The van der Waals surface area contributed by atoms with E-state index in [4.69, 9.17) is 11.6 Å². The lowest BCUT2D eigenvalue weighted by atomic mass is 10.1. The van der Waals surface area contributed by atoms with Crippen molar-refractivity contribution < 1.29 is 14.0 Å². The van der Waals surface area contributed by atoms with Crippen molar-refractivity contribution in [2.24, 2.45) is 0 Å². The van der Waals surface area contributed by atoms with E-state index in [0.717, 1.165) is 0 Å². The number of urea groups is 1. The number of carbonyl (C=O) groups excluding carboxylic acids is 2. The molecule has 1 aromatic heterocycles. The molecule has 6 nitrogen and oxygen atoms in total. The van der Waals surface area contributed by atoms with E-state index >= 15 is 0 Å². The number of aromatic nitrogens is 1. The highest BCUT2D eigenvalue weighted by Crippen LogP contribution is 2.24. The second-order valence-electron chi connectivity index (χ2n) is 5.98. The highest BCUT2D eigenvalue weighted by Gasteiger charge is 2.15. The van der Waals surface area contributed by atoms with Crippen molar-refractivity contribution in [2.45, 2.75) is 6.42 Å². The molecule has 0 aliphatic rings. The average molecular weight is 433 g/mol. The second-order valence-corrected chi connectivity index (χ2v) is 7.42. The molecule has 0 unspecified atom stereocenters. The summed E-state index contributed by atoms with van der Waals surface area (Å²) < 4.78 is 13.5. The molecule has 0 atom stereocenters. The maximum atomic E-state index is 13.5. The molecule has 3 N–H and O–H groups in total. The topological polar surface area (TPSA) is 83.1 Å². The summed E-state index contributed by atoms with van der Waals surface area (Å²) in [5.41, 5.74) is 0.566. The Hall–Kier alpha value is -2.97. The van der Waals surface area contributed by atoms with Crippen molar-refractivity contribution in [1.82, 2.24) is 10.3 Å². The molecule has 3 aromatic rings. The van der Waals surface area contributed by atoms with Crippen LogP contribution in [-0.2, 0) is 0 Å². The number of hydrogen-bond acceptors (Lipinski definition) is 5. The normalized spacial score (nSPS) is 10.4. The fourth-order valence-corrected chi connectivity index (χ4v) is 3.47. The van der Waals surface area contributed by atoms with E-state index in [2.05, 4.69) is 20.9 Å². The summed E-state index contributed by atoms with van der Waals surface area (Å²) in [6.07, 6.45) is 2.14. The largest absolute Gasteiger partial charge is 0.361 e. The van der Waals surface area contributed by atoms with Crippen LogP contribution >= 0.6 is 22.9 Å². The van der Waals surface area contributed by atoms with E-state index < -0.39 is 11.8 Å². The fourth-order valence-electron chi connectivity index (χ4n) is 2.45. The molecular formula is C20H18ClFN4O2S. The van der Waals surface area contributed by atoms with Gasteiger partial charge in [-0.25, -0.2) is 14.2 Å². The van der Waals surface area contributed by atoms with Gasteiger partial charge in [0.05, 0.1) is 21.8 Å². The van der Waals surface area contributed by atoms with Crippen molar-refractivity contribution in [3.05, 3.63) is 76.0 Å². The molecule has 2 amide bonds. The molecule has 29 heavy (non-hydrogen) atoms. The summed E-state index contributed by atoms with van der Waals surface area (Å²) >= 11 is 7.31. The number of ketones is 1. The van der Waals surface area contributed by atoms with Gasteiger partial charge in [-0.2, -0.15) is 0 Å². The lowest BCUT2D eigenvalue weighted by Crippen LogP contribution is -2.30. The van der Waals surface area contributed by atoms with E-state index in [0.29, 0.717) is 40.1 Å². The van der Waals surface area contributed by atoms with Gasteiger partial charge >= 0.3 is 6.03 Å². The number of thiazole rings is 1. The van der Waals surface area contributed by atoms with E-state index in [1.165, 1.54) is 29.7 Å². The molecule has 1 heterocycles. The van der Waals surface area contributed by atoms with Crippen LogP contribution in [0.1, 0.15) is 21.7 Å².